The third-order valence-corrected chi connectivity index (χ3v) is 3.54. The van der Waals surface area contributed by atoms with Crippen LogP contribution in [0.1, 0.15) is 32.1 Å². The first-order valence-corrected chi connectivity index (χ1v) is 5.95. The number of hydrogen-bond acceptors (Lipinski definition) is 3. The fourth-order valence-corrected chi connectivity index (χ4v) is 2.62. The molecule has 3 N–H and O–H groups in total. The zero-order chi connectivity index (χ0) is 11.5. The smallest absolute Gasteiger partial charge is 0.308 e. The van der Waals surface area contributed by atoms with Crippen molar-refractivity contribution in [3.05, 3.63) is 0 Å². The SMILES string of the molecule is O=C(O)C1CCCC1NC(=O)[C@@H]1CCCN1. The normalized spacial score (nSPS) is 33.9. The number of aliphatic carboxylic acids is 1. The second-order valence-corrected chi connectivity index (χ2v) is 4.64. The molecule has 1 heterocycles. The average molecular weight is 226 g/mol. The minimum atomic E-state index is -0.790. The van der Waals surface area contributed by atoms with E-state index < -0.39 is 11.9 Å². The minimum Gasteiger partial charge on any atom is -0.481 e. The molecule has 3 atom stereocenters. The molecule has 2 rings (SSSR count). The summed E-state index contributed by atoms with van der Waals surface area (Å²) in [5, 5.41) is 15.0. The van der Waals surface area contributed by atoms with Crippen LogP contribution in [0, 0.1) is 5.92 Å². The Morgan fingerprint density at radius 3 is 2.62 bits per heavy atom. The van der Waals surface area contributed by atoms with Gasteiger partial charge in [-0.1, -0.05) is 6.42 Å². The number of carboxylic acid groups (broad SMARTS) is 1. The molecule has 1 amide bonds. The summed E-state index contributed by atoms with van der Waals surface area (Å²) in [4.78, 5) is 22.8. The number of carboxylic acids is 1. The van der Waals surface area contributed by atoms with Crippen molar-refractivity contribution in [3.8, 4) is 0 Å². The van der Waals surface area contributed by atoms with Gasteiger partial charge in [0.25, 0.3) is 0 Å². The average Bonchev–Trinajstić information content (AvgIpc) is 2.86. The summed E-state index contributed by atoms with van der Waals surface area (Å²) >= 11 is 0. The predicted octanol–water partition coefficient (Wildman–Crippen LogP) is 0.108. The Morgan fingerprint density at radius 2 is 2.00 bits per heavy atom. The molecule has 0 aromatic rings. The van der Waals surface area contributed by atoms with E-state index in [4.69, 9.17) is 5.11 Å². The van der Waals surface area contributed by atoms with Crippen molar-refractivity contribution in [3.63, 3.8) is 0 Å². The summed E-state index contributed by atoms with van der Waals surface area (Å²) in [6.07, 6.45) is 4.23. The van der Waals surface area contributed by atoms with E-state index in [1.165, 1.54) is 0 Å². The van der Waals surface area contributed by atoms with Crippen LogP contribution in [0.3, 0.4) is 0 Å². The molecule has 1 saturated carbocycles. The van der Waals surface area contributed by atoms with E-state index in [9.17, 15) is 9.59 Å². The Labute approximate surface area is 94.6 Å². The van der Waals surface area contributed by atoms with Gasteiger partial charge in [-0.15, -0.1) is 0 Å². The molecular weight excluding hydrogens is 208 g/mol. The van der Waals surface area contributed by atoms with Gasteiger partial charge in [0.1, 0.15) is 0 Å². The molecule has 0 aromatic carbocycles. The van der Waals surface area contributed by atoms with E-state index in [0.717, 1.165) is 32.2 Å². The van der Waals surface area contributed by atoms with Crippen molar-refractivity contribution in [2.24, 2.45) is 5.92 Å². The number of carbonyl (C=O) groups excluding carboxylic acids is 1. The second-order valence-electron chi connectivity index (χ2n) is 4.64. The van der Waals surface area contributed by atoms with Gasteiger partial charge in [-0.3, -0.25) is 9.59 Å². The van der Waals surface area contributed by atoms with E-state index in [1.807, 2.05) is 0 Å². The second kappa shape index (κ2) is 4.82. The Bertz CT molecular complexity index is 287. The van der Waals surface area contributed by atoms with Crippen molar-refractivity contribution >= 4 is 11.9 Å². The fourth-order valence-electron chi connectivity index (χ4n) is 2.62. The molecule has 5 nitrogen and oxygen atoms in total. The molecule has 2 unspecified atom stereocenters. The van der Waals surface area contributed by atoms with Crippen LogP contribution in [0.4, 0.5) is 0 Å². The van der Waals surface area contributed by atoms with Gasteiger partial charge in [-0.2, -0.15) is 0 Å². The first-order chi connectivity index (χ1) is 7.68. The van der Waals surface area contributed by atoms with Crippen LogP contribution in [-0.4, -0.2) is 35.6 Å². The Morgan fingerprint density at radius 1 is 1.19 bits per heavy atom. The quantitative estimate of drug-likeness (QED) is 0.638. The highest BCUT2D eigenvalue weighted by molar-refractivity contribution is 5.83. The lowest BCUT2D eigenvalue weighted by Crippen LogP contribution is -2.47. The fraction of sp³-hybridized carbons (Fsp3) is 0.818. The molecule has 0 aromatic heterocycles. The molecule has 0 spiro atoms. The molecule has 2 aliphatic rings. The highest BCUT2D eigenvalue weighted by atomic mass is 16.4. The predicted molar refractivity (Wildman–Crippen MR) is 57.9 cm³/mol. The Kier molecular flexibility index (Phi) is 3.43. The van der Waals surface area contributed by atoms with Crippen molar-refractivity contribution < 1.29 is 14.7 Å². The molecule has 1 aliphatic carbocycles. The summed E-state index contributed by atoms with van der Waals surface area (Å²) < 4.78 is 0. The van der Waals surface area contributed by atoms with Crippen LogP contribution in [0.15, 0.2) is 0 Å². The van der Waals surface area contributed by atoms with E-state index >= 15 is 0 Å². The van der Waals surface area contributed by atoms with Crippen LogP contribution in [0.2, 0.25) is 0 Å². The zero-order valence-corrected chi connectivity index (χ0v) is 9.24. The first-order valence-electron chi connectivity index (χ1n) is 5.95. The first kappa shape index (κ1) is 11.4. The van der Waals surface area contributed by atoms with Gasteiger partial charge in [0.05, 0.1) is 12.0 Å². The van der Waals surface area contributed by atoms with Crippen molar-refractivity contribution in [1.82, 2.24) is 10.6 Å². The topological polar surface area (TPSA) is 78.4 Å². The van der Waals surface area contributed by atoms with E-state index in [1.54, 1.807) is 0 Å². The number of amides is 1. The highest BCUT2D eigenvalue weighted by Crippen LogP contribution is 2.26. The van der Waals surface area contributed by atoms with Gasteiger partial charge >= 0.3 is 5.97 Å². The number of carbonyl (C=O) groups is 2. The number of hydrogen-bond donors (Lipinski definition) is 3. The van der Waals surface area contributed by atoms with Crippen LogP contribution in [-0.2, 0) is 9.59 Å². The minimum absolute atomic E-state index is 0.0318. The summed E-state index contributed by atoms with van der Waals surface area (Å²) in [5.74, 6) is -1.22. The van der Waals surface area contributed by atoms with Gasteiger partial charge in [-0.05, 0) is 32.2 Å². The lowest BCUT2D eigenvalue weighted by Gasteiger charge is -2.20. The van der Waals surface area contributed by atoms with Gasteiger partial charge in [0.2, 0.25) is 5.91 Å². The third-order valence-electron chi connectivity index (χ3n) is 3.54. The molecule has 0 bridgehead atoms. The van der Waals surface area contributed by atoms with Crippen LogP contribution in [0.5, 0.6) is 0 Å². The maximum absolute atomic E-state index is 11.8. The van der Waals surface area contributed by atoms with Gasteiger partial charge in [-0.25, -0.2) is 0 Å². The lowest BCUT2D eigenvalue weighted by atomic mass is 10.0. The molecule has 16 heavy (non-hydrogen) atoms. The standard InChI is InChI=1S/C11H18N2O3/c14-10(9-5-2-6-12-9)13-8-4-1-3-7(8)11(15)16/h7-9,12H,1-6H2,(H,13,14)(H,15,16)/t7?,8?,9-/m0/s1. The molecule has 90 valence electrons. The van der Waals surface area contributed by atoms with E-state index in [2.05, 4.69) is 10.6 Å². The summed E-state index contributed by atoms with van der Waals surface area (Å²) in [7, 11) is 0. The zero-order valence-electron chi connectivity index (χ0n) is 9.24. The van der Waals surface area contributed by atoms with Crippen molar-refractivity contribution in [2.45, 2.75) is 44.2 Å². The number of nitrogens with one attached hydrogen (secondary N) is 2. The molecule has 2 fully saturated rings. The monoisotopic (exact) mass is 226 g/mol. The van der Waals surface area contributed by atoms with E-state index in [0.29, 0.717) is 6.42 Å². The van der Waals surface area contributed by atoms with Crippen LogP contribution in [0.25, 0.3) is 0 Å². The maximum atomic E-state index is 11.8. The van der Waals surface area contributed by atoms with Crippen molar-refractivity contribution in [2.75, 3.05) is 6.54 Å². The van der Waals surface area contributed by atoms with Gasteiger partial charge in [0.15, 0.2) is 0 Å². The van der Waals surface area contributed by atoms with Gasteiger partial charge in [0, 0.05) is 6.04 Å². The lowest BCUT2D eigenvalue weighted by molar-refractivity contribution is -0.142. The highest BCUT2D eigenvalue weighted by Gasteiger charge is 2.35. The van der Waals surface area contributed by atoms with Crippen LogP contribution < -0.4 is 10.6 Å². The van der Waals surface area contributed by atoms with E-state index in [-0.39, 0.29) is 18.0 Å². The molecule has 1 saturated heterocycles. The summed E-state index contributed by atoms with van der Waals surface area (Å²) in [6, 6.07) is -0.289. The molecule has 5 heteroatoms. The maximum Gasteiger partial charge on any atom is 0.308 e. The van der Waals surface area contributed by atoms with Gasteiger partial charge < -0.3 is 15.7 Å². The van der Waals surface area contributed by atoms with Crippen LogP contribution >= 0.6 is 0 Å². The molecule has 1 aliphatic heterocycles. The summed E-state index contributed by atoms with van der Waals surface area (Å²) in [5.41, 5.74) is 0. The summed E-state index contributed by atoms with van der Waals surface area (Å²) in [6.45, 7) is 0.880. The molecule has 0 radical (unpaired) electrons. The Balaban J connectivity index is 1.88. The van der Waals surface area contributed by atoms with Crippen molar-refractivity contribution in [1.29, 1.82) is 0 Å². The third kappa shape index (κ3) is 2.35. The largest absolute Gasteiger partial charge is 0.481 e. The Hall–Kier alpha value is -1.10. The number of rotatable bonds is 3. The molecular formula is C11H18N2O3.